The highest BCUT2D eigenvalue weighted by Gasteiger charge is 2.36. The van der Waals surface area contributed by atoms with E-state index in [2.05, 4.69) is 10.2 Å². The normalized spacial score (nSPS) is 16.6. The lowest BCUT2D eigenvalue weighted by Crippen LogP contribution is -2.50. The third-order valence-electron chi connectivity index (χ3n) is 4.07. The molecule has 2 heterocycles. The summed E-state index contributed by atoms with van der Waals surface area (Å²) in [7, 11) is 0. The number of carboxylic acid groups (broad SMARTS) is 1. The fourth-order valence-electron chi connectivity index (χ4n) is 2.74. The SMILES string of the molecule is Cc1nnc2n1CC(C(=O)O)N(C(=O)CCSc1ccccc1F)C2. The number of amides is 1. The van der Waals surface area contributed by atoms with Crippen molar-refractivity contribution in [3.63, 3.8) is 0 Å². The zero-order valence-corrected chi connectivity index (χ0v) is 14.4. The predicted molar refractivity (Wildman–Crippen MR) is 88.5 cm³/mol. The van der Waals surface area contributed by atoms with Crippen molar-refractivity contribution < 1.29 is 19.1 Å². The molecule has 1 aromatic heterocycles. The number of halogens is 1. The van der Waals surface area contributed by atoms with Gasteiger partial charge in [-0.2, -0.15) is 0 Å². The van der Waals surface area contributed by atoms with Crippen LogP contribution in [-0.2, 0) is 22.7 Å². The Bertz CT molecular complexity index is 810. The lowest BCUT2D eigenvalue weighted by Gasteiger charge is -2.33. The summed E-state index contributed by atoms with van der Waals surface area (Å²) < 4.78 is 15.3. The number of hydrogen-bond donors (Lipinski definition) is 1. The van der Waals surface area contributed by atoms with E-state index in [1.54, 1.807) is 29.7 Å². The van der Waals surface area contributed by atoms with Crippen molar-refractivity contribution in [1.29, 1.82) is 0 Å². The van der Waals surface area contributed by atoms with Crippen LogP contribution in [0.5, 0.6) is 0 Å². The van der Waals surface area contributed by atoms with E-state index >= 15 is 0 Å². The Balaban J connectivity index is 1.66. The minimum absolute atomic E-state index is 0.112. The van der Waals surface area contributed by atoms with Crippen molar-refractivity contribution in [2.45, 2.75) is 37.4 Å². The number of rotatable bonds is 5. The van der Waals surface area contributed by atoms with E-state index in [0.29, 0.717) is 22.3 Å². The van der Waals surface area contributed by atoms with Crippen LogP contribution >= 0.6 is 11.8 Å². The van der Waals surface area contributed by atoms with Crippen LogP contribution in [0.2, 0.25) is 0 Å². The summed E-state index contributed by atoms with van der Waals surface area (Å²) >= 11 is 1.24. The number of carbonyl (C=O) groups is 2. The fourth-order valence-corrected chi connectivity index (χ4v) is 3.62. The summed E-state index contributed by atoms with van der Waals surface area (Å²) in [5.74, 6) is -0.107. The maximum absolute atomic E-state index is 13.6. The number of aromatic nitrogens is 3. The summed E-state index contributed by atoms with van der Waals surface area (Å²) in [6.07, 6.45) is 0.121. The van der Waals surface area contributed by atoms with Crippen molar-refractivity contribution in [1.82, 2.24) is 19.7 Å². The molecule has 1 atom stereocenters. The van der Waals surface area contributed by atoms with Gasteiger partial charge in [-0.3, -0.25) is 4.79 Å². The summed E-state index contributed by atoms with van der Waals surface area (Å²) in [6, 6.07) is 5.40. The van der Waals surface area contributed by atoms with Crippen LogP contribution in [0.4, 0.5) is 4.39 Å². The first-order valence-corrected chi connectivity index (χ1v) is 8.74. The van der Waals surface area contributed by atoms with Crippen LogP contribution in [0.15, 0.2) is 29.2 Å². The first kappa shape index (κ1) is 17.4. The monoisotopic (exact) mass is 364 g/mol. The molecule has 0 bridgehead atoms. The molecule has 132 valence electrons. The molecule has 1 aromatic carbocycles. The van der Waals surface area contributed by atoms with Crippen LogP contribution in [0.1, 0.15) is 18.1 Å². The van der Waals surface area contributed by atoms with Gasteiger partial charge in [0.1, 0.15) is 17.7 Å². The van der Waals surface area contributed by atoms with Crippen LogP contribution in [0.3, 0.4) is 0 Å². The molecule has 1 unspecified atom stereocenters. The lowest BCUT2D eigenvalue weighted by molar-refractivity contribution is -0.152. The predicted octanol–water partition coefficient (Wildman–Crippen LogP) is 1.70. The number of thioether (sulfide) groups is 1. The molecule has 1 aliphatic rings. The molecule has 9 heteroatoms. The molecule has 0 radical (unpaired) electrons. The third kappa shape index (κ3) is 3.65. The second-order valence-electron chi connectivity index (χ2n) is 5.68. The smallest absolute Gasteiger partial charge is 0.328 e. The minimum atomic E-state index is -1.06. The van der Waals surface area contributed by atoms with Gasteiger partial charge in [-0.25, -0.2) is 9.18 Å². The van der Waals surface area contributed by atoms with E-state index in [4.69, 9.17) is 0 Å². The second kappa shape index (κ2) is 7.22. The maximum Gasteiger partial charge on any atom is 0.328 e. The summed E-state index contributed by atoms with van der Waals surface area (Å²) in [6.45, 7) is 1.99. The van der Waals surface area contributed by atoms with Gasteiger partial charge in [0.05, 0.1) is 13.1 Å². The maximum atomic E-state index is 13.6. The highest BCUT2D eigenvalue weighted by Crippen LogP contribution is 2.24. The molecular formula is C16H17FN4O3S. The molecule has 7 nitrogen and oxygen atoms in total. The zero-order valence-electron chi connectivity index (χ0n) is 13.6. The van der Waals surface area contributed by atoms with Gasteiger partial charge in [-0.1, -0.05) is 12.1 Å². The number of carboxylic acids is 1. The Hall–Kier alpha value is -2.42. The van der Waals surface area contributed by atoms with Crippen LogP contribution in [0, 0.1) is 12.7 Å². The Morgan fingerprint density at radius 3 is 2.84 bits per heavy atom. The number of aryl methyl sites for hydroxylation is 1. The van der Waals surface area contributed by atoms with Gasteiger partial charge >= 0.3 is 5.97 Å². The largest absolute Gasteiger partial charge is 0.480 e. The summed E-state index contributed by atoms with van der Waals surface area (Å²) in [5.41, 5.74) is 0. The quantitative estimate of drug-likeness (QED) is 0.813. The Kier molecular flexibility index (Phi) is 5.03. The molecule has 0 spiro atoms. The molecule has 0 saturated heterocycles. The van der Waals surface area contributed by atoms with Gasteiger partial charge in [-0.15, -0.1) is 22.0 Å². The molecule has 2 aromatic rings. The average molecular weight is 364 g/mol. The molecule has 3 rings (SSSR count). The van der Waals surface area contributed by atoms with Crippen molar-refractivity contribution in [2.24, 2.45) is 0 Å². The number of nitrogens with zero attached hydrogens (tertiary/aromatic N) is 4. The molecular weight excluding hydrogens is 347 g/mol. The van der Waals surface area contributed by atoms with E-state index in [0.717, 1.165) is 0 Å². The lowest BCUT2D eigenvalue weighted by atomic mass is 10.1. The Morgan fingerprint density at radius 1 is 1.36 bits per heavy atom. The second-order valence-corrected chi connectivity index (χ2v) is 6.82. The van der Waals surface area contributed by atoms with Crippen LogP contribution in [0.25, 0.3) is 0 Å². The number of fused-ring (bicyclic) bond motifs is 1. The molecule has 1 amide bonds. The van der Waals surface area contributed by atoms with Gasteiger partial charge in [0.2, 0.25) is 5.91 Å². The topological polar surface area (TPSA) is 88.3 Å². The van der Waals surface area contributed by atoms with Crippen molar-refractivity contribution in [2.75, 3.05) is 5.75 Å². The van der Waals surface area contributed by atoms with Gasteiger partial charge in [0.25, 0.3) is 0 Å². The van der Waals surface area contributed by atoms with Crippen molar-refractivity contribution in [3.8, 4) is 0 Å². The fraction of sp³-hybridized carbons (Fsp3) is 0.375. The number of hydrogen-bond acceptors (Lipinski definition) is 5. The Morgan fingerprint density at radius 2 is 2.12 bits per heavy atom. The number of carbonyl (C=O) groups excluding carboxylic acids is 1. The van der Waals surface area contributed by atoms with E-state index in [-0.39, 0.29) is 31.2 Å². The molecule has 25 heavy (non-hydrogen) atoms. The van der Waals surface area contributed by atoms with Crippen LogP contribution < -0.4 is 0 Å². The summed E-state index contributed by atoms with van der Waals surface area (Å²) in [4.78, 5) is 25.8. The van der Waals surface area contributed by atoms with Crippen molar-refractivity contribution >= 4 is 23.6 Å². The number of benzene rings is 1. The van der Waals surface area contributed by atoms with E-state index < -0.39 is 12.0 Å². The molecule has 1 N–H and O–H groups in total. The third-order valence-corrected chi connectivity index (χ3v) is 5.12. The van der Waals surface area contributed by atoms with Gasteiger partial charge in [-0.05, 0) is 19.1 Å². The first-order chi connectivity index (χ1) is 12.0. The van der Waals surface area contributed by atoms with E-state index in [9.17, 15) is 19.1 Å². The number of aliphatic carboxylic acids is 1. The molecule has 0 aliphatic carbocycles. The van der Waals surface area contributed by atoms with E-state index in [1.165, 1.54) is 22.7 Å². The van der Waals surface area contributed by atoms with E-state index in [1.807, 2.05) is 0 Å². The molecule has 0 fully saturated rings. The Labute approximate surface area is 147 Å². The molecule has 1 aliphatic heterocycles. The van der Waals surface area contributed by atoms with Gasteiger partial charge < -0.3 is 14.6 Å². The minimum Gasteiger partial charge on any atom is -0.480 e. The summed E-state index contributed by atoms with van der Waals surface area (Å²) in [5, 5.41) is 17.4. The van der Waals surface area contributed by atoms with Gasteiger partial charge in [0.15, 0.2) is 5.82 Å². The zero-order chi connectivity index (χ0) is 18.0. The van der Waals surface area contributed by atoms with Crippen molar-refractivity contribution in [3.05, 3.63) is 41.7 Å². The average Bonchev–Trinajstić information content (AvgIpc) is 2.96. The standard InChI is InChI=1S/C16H17FN4O3S/c1-10-18-19-14-9-21(12(16(23)24)8-20(10)14)15(22)6-7-25-13-5-3-2-4-11(13)17/h2-5,12H,6-9H2,1H3,(H,23,24). The molecule has 0 saturated carbocycles. The highest BCUT2D eigenvalue weighted by atomic mass is 32.2. The first-order valence-electron chi connectivity index (χ1n) is 7.75. The highest BCUT2D eigenvalue weighted by molar-refractivity contribution is 7.99. The van der Waals surface area contributed by atoms with Crippen LogP contribution in [-0.4, -0.2) is 48.4 Å². The van der Waals surface area contributed by atoms with Gasteiger partial charge in [0, 0.05) is 17.1 Å².